The molecule has 0 spiro atoms. The summed E-state index contributed by atoms with van der Waals surface area (Å²) in [4.78, 5) is 25.0. The van der Waals surface area contributed by atoms with Crippen molar-refractivity contribution in [2.45, 2.75) is 49.1 Å². The molecule has 2 aromatic rings. The number of hydrogen-bond acceptors (Lipinski definition) is 6. The Morgan fingerprint density at radius 1 is 1.00 bits per heavy atom. The quantitative estimate of drug-likeness (QED) is 0.510. The Balaban J connectivity index is 1.35. The second-order valence-electron chi connectivity index (χ2n) is 9.43. The van der Waals surface area contributed by atoms with E-state index in [-0.39, 0.29) is 30.6 Å². The number of carbonyl (C=O) groups excluding carboxylic acids is 2. The number of esters is 2. The molecule has 4 aliphatic carbocycles. The van der Waals surface area contributed by atoms with Crippen LogP contribution in [0, 0.1) is 17.8 Å². The normalized spacial score (nSPS) is 30.9. The number of carbonyl (C=O) groups is 2. The lowest BCUT2D eigenvalue weighted by atomic mass is 9.53. The molecule has 2 aromatic carbocycles. The highest BCUT2D eigenvalue weighted by atomic mass is 32.2. The van der Waals surface area contributed by atoms with Crippen LogP contribution in [0.5, 0.6) is 0 Å². The first-order chi connectivity index (χ1) is 15.5. The van der Waals surface area contributed by atoms with E-state index in [1.54, 1.807) is 12.1 Å². The summed E-state index contributed by atoms with van der Waals surface area (Å²) in [6, 6.07) is 12.8. The van der Waals surface area contributed by atoms with Gasteiger partial charge in [0.1, 0.15) is 11.7 Å². The van der Waals surface area contributed by atoms with Gasteiger partial charge in [-0.1, -0.05) is 36.4 Å². The Bertz CT molecular complexity index is 1220. The zero-order valence-corrected chi connectivity index (χ0v) is 18.3. The van der Waals surface area contributed by atoms with Crippen LogP contribution in [0.15, 0.2) is 42.5 Å². The summed E-state index contributed by atoms with van der Waals surface area (Å²) in [6.07, 6.45) is 1.70. The highest BCUT2D eigenvalue weighted by Crippen LogP contribution is 2.58. The molecule has 7 nitrogen and oxygen atoms in total. The predicted molar refractivity (Wildman–Crippen MR) is 112 cm³/mol. The Morgan fingerprint density at radius 3 is 2.30 bits per heavy atom. The second kappa shape index (κ2) is 7.46. The summed E-state index contributed by atoms with van der Waals surface area (Å²) in [5, 5.41) is -3.36. The van der Waals surface area contributed by atoms with Crippen LogP contribution in [0.25, 0.3) is 10.8 Å². The fraction of sp³-hybridized carbons (Fsp3) is 0.478. The minimum Gasteiger partial charge on any atom is -0.458 e. The zero-order valence-electron chi connectivity index (χ0n) is 17.4. The number of rotatable bonds is 5. The van der Waals surface area contributed by atoms with Crippen molar-refractivity contribution in [2.75, 3.05) is 0 Å². The number of benzene rings is 2. The molecule has 0 aromatic heterocycles. The summed E-state index contributed by atoms with van der Waals surface area (Å²) < 4.78 is 69.2. The standard InChI is InChI=1S/C23H22F2O7S/c24-23(25,33(28,29)30)21(27)32-22-10-13-8-15(11-22)19(16(9-13)12-22)31-20(26)18-7-3-5-14-4-1-2-6-17(14)18/h1-7,13,15-16,19H,8-12H2,(H,28,29,30). The van der Waals surface area contributed by atoms with Gasteiger partial charge >= 0.3 is 27.3 Å². The molecule has 2 unspecified atom stereocenters. The van der Waals surface area contributed by atoms with Crippen molar-refractivity contribution in [3.63, 3.8) is 0 Å². The summed E-state index contributed by atoms with van der Waals surface area (Å²) in [5.74, 6) is -3.02. The molecule has 2 atom stereocenters. The van der Waals surface area contributed by atoms with Gasteiger partial charge in [0.15, 0.2) is 0 Å². The van der Waals surface area contributed by atoms with E-state index in [0.717, 1.165) is 10.8 Å². The van der Waals surface area contributed by atoms with E-state index in [9.17, 15) is 26.8 Å². The Labute approximate surface area is 188 Å². The lowest BCUT2D eigenvalue weighted by molar-refractivity contribution is -0.217. The zero-order chi connectivity index (χ0) is 23.6. The number of alkyl halides is 2. The maximum absolute atomic E-state index is 13.8. The summed E-state index contributed by atoms with van der Waals surface area (Å²) in [7, 11) is -5.94. The molecule has 0 heterocycles. The van der Waals surface area contributed by atoms with Crippen LogP contribution in [0.2, 0.25) is 0 Å². The first-order valence-electron chi connectivity index (χ1n) is 10.8. The van der Waals surface area contributed by atoms with Crippen LogP contribution in [0.3, 0.4) is 0 Å². The Kier molecular flexibility index (Phi) is 5.02. The van der Waals surface area contributed by atoms with Crippen LogP contribution in [-0.2, 0) is 24.4 Å². The highest BCUT2D eigenvalue weighted by molar-refractivity contribution is 7.87. The van der Waals surface area contributed by atoms with E-state index < -0.39 is 39.0 Å². The van der Waals surface area contributed by atoms with Gasteiger partial charge in [0.05, 0.1) is 5.56 Å². The van der Waals surface area contributed by atoms with E-state index in [2.05, 4.69) is 0 Å². The monoisotopic (exact) mass is 480 g/mol. The van der Waals surface area contributed by atoms with Crippen LogP contribution in [0.4, 0.5) is 8.78 Å². The molecule has 0 radical (unpaired) electrons. The fourth-order valence-electron chi connectivity index (χ4n) is 6.17. The van der Waals surface area contributed by atoms with E-state index in [4.69, 9.17) is 14.0 Å². The van der Waals surface area contributed by atoms with E-state index in [1.807, 2.05) is 30.3 Å². The molecule has 4 aliphatic rings. The average molecular weight is 480 g/mol. The van der Waals surface area contributed by atoms with Crippen molar-refractivity contribution in [2.24, 2.45) is 17.8 Å². The average Bonchev–Trinajstić information content (AvgIpc) is 2.74. The van der Waals surface area contributed by atoms with Gasteiger partial charge in [0, 0.05) is 11.8 Å². The van der Waals surface area contributed by atoms with Gasteiger partial charge in [0.25, 0.3) is 0 Å². The van der Waals surface area contributed by atoms with Crippen LogP contribution < -0.4 is 0 Å². The topological polar surface area (TPSA) is 107 Å². The molecular formula is C23H22F2O7S. The Hall–Kier alpha value is -2.59. The van der Waals surface area contributed by atoms with Gasteiger partial charge in [-0.05, 0) is 54.9 Å². The molecule has 4 fully saturated rings. The molecule has 0 aliphatic heterocycles. The van der Waals surface area contributed by atoms with Gasteiger partial charge in [-0.25, -0.2) is 9.59 Å². The first-order valence-corrected chi connectivity index (χ1v) is 12.2. The van der Waals surface area contributed by atoms with Crippen molar-refractivity contribution >= 4 is 32.8 Å². The highest BCUT2D eigenvalue weighted by Gasteiger charge is 2.62. The number of hydrogen-bond donors (Lipinski definition) is 1. The maximum atomic E-state index is 13.8. The van der Waals surface area contributed by atoms with Crippen molar-refractivity contribution in [1.82, 2.24) is 0 Å². The lowest BCUT2D eigenvalue weighted by Crippen LogP contribution is -2.60. The van der Waals surface area contributed by atoms with Crippen molar-refractivity contribution < 1.29 is 40.8 Å². The SMILES string of the molecule is O=C(OC1C2CC3CC1CC(OC(=O)C(F)(F)S(=O)(=O)O)(C3)C2)c1cccc2ccccc12. The molecule has 176 valence electrons. The van der Waals surface area contributed by atoms with Gasteiger partial charge in [-0.15, -0.1) is 0 Å². The smallest absolute Gasteiger partial charge is 0.458 e. The van der Waals surface area contributed by atoms with Gasteiger partial charge in [0.2, 0.25) is 0 Å². The molecule has 1 N–H and O–H groups in total. The summed E-state index contributed by atoms with van der Waals surface area (Å²) in [5.41, 5.74) is -0.805. The van der Waals surface area contributed by atoms with Crippen LogP contribution in [0.1, 0.15) is 42.5 Å². The third-order valence-corrected chi connectivity index (χ3v) is 8.07. The number of ether oxygens (including phenoxy) is 2. The summed E-state index contributed by atoms with van der Waals surface area (Å²) in [6.45, 7) is 0. The van der Waals surface area contributed by atoms with Crippen molar-refractivity contribution in [3.8, 4) is 0 Å². The van der Waals surface area contributed by atoms with Gasteiger partial charge in [-0.2, -0.15) is 17.2 Å². The third-order valence-electron chi connectivity index (χ3n) is 7.25. The second-order valence-corrected chi connectivity index (χ2v) is 10.9. The van der Waals surface area contributed by atoms with Crippen LogP contribution in [-0.4, -0.2) is 41.9 Å². The minimum atomic E-state index is -5.94. The molecule has 33 heavy (non-hydrogen) atoms. The largest absolute Gasteiger partial charge is 0.465 e. The molecule has 6 rings (SSSR count). The lowest BCUT2D eigenvalue weighted by Gasteiger charge is -2.58. The Morgan fingerprint density at radius 2 is 1.64 bits per heavy atom. The minimum absolute atomic E-state index is 0.0992. The van der Waals surface area contributed by atoms with E-state index in [0.29, 0.717) is 24.8 Å². The maximum Gasteiger partial charge on any atom is 0.465 e. The summed E-state index contributed by atoms with van der Waals surface area (Å²) >= 11 is 0. The molecule has 4 bridgehead atoms. The van der Waals surface area contributed by atoms with Crippen LogP contribution >= 0.6 is 0 Å². The molecule has 0 saturated heterocycles. The predicted octanol–water partition coefficient (Wildman–Crippen LogP) is 3.97. The molecule has 0 amide bonds. The van der Waals surface area contributed by atoms with E-state index in [1.165, 1.54) is 0 Å². The van der Waals surface area contributed by atoms with Crippen molar-refractivity contribution in [1.29, 1.82) is 0 Å². The molecule has 10 heteroatoms. The van der Waals surface area contributed by atoms with Gasteiger partial charge < -0.3 is 9.47 Å². The third kappa shape index (κ3) is 3.69. The van der Waals surface area contributed by atoms with E-state index >= 15 is 0 Å². The fourth-order valence-corrected chi connectivity index (χ4v) is 6.42. The van der Waals surface area contributed by atoms with Crippen molar-refractivity contribution in [3.05, 3.63) is 48.0 Å². The first kappa shape index (κ1) is 22.2. The molecular weight excluding hydrogens is 458 g/mol. The molecule has 4 saturated carbocycles. The number of halogens is 2. The van der Waals surface area contributed by atoms with Gasteiger partial charge in [-0.3, -0.25) is 4.55 Å². The number of fused-ring (bicyclic) bond motifs is 1.